The minimum Gasteiger partial charge on any atom is -0.395 e. The Morgan fingerprint density at radius 2 is 2.25 bits per heavy atom. The predicted molar refractivity (Wildman–Crippen MR) is 63.3 cm³/mol. The lowest BCUT2D eigenvalue weighted by atomic mass is 9.91. The van der Waals surface area contributed by atoms with E-state index in [-0.39, 0.29) is 6.61 Å². The number of nitrogen functional groups attached to an aromatic ring is 1. The summed E-state index contributed by atoms with van der Waals surface area (Å²) in [6, 6.07) is 2.28. The first-order valence-electron chi connectivity index (χ1n) is 5.69. The third kappa shape index (κ3) is 2.24. The Morgan fingerprint density at radius 1 is 1.50 bits per heavy atom. The highest BCUT2D eigenvalue weighted by molar-refractivity contribution is 5.48. The molecule has 5 nitrogen and oxygen atoms in total. The Bertz CT molecular complexity index is 345. The van der Waals surface area contributed by atoms with E-state index in [0.717, 1.165) is 5.82 Å². The fraction of sp³-hybridized carbons (Fsp3) is 0.636. The number of aryl methyl sites for hydroxylation is 1. The Hall–Kier alpha value is -1.36. The van der Waals surface area contributed by atoms with Gasteiger partial charge in [-0.3, -0.25) is 0 Å². The van der Waals surface area contributed by atoms with Crippen molar-refractivity contribution in [1.82, 2.24) is 9.97 Å². The lowest BCUT2D eigenvalue weighted by molar-refractivity contribution is 0.283. The first-order valence-corrected chi connectivity index (χ1v) is 5.69. The highest BCUT2D eigenvalue weighted by Gasteiger charge is 2.25. The van der Waals surface area contributed by atoms with Gasteiger partial charge in [-0.15, -0.1) is 0 Å². The molecule has 0 bridgehead atoms. The lowest BCUT2D eigenvalue weighted by Gasteiger charge is -2.38. The van der Waals surface area contributed by atoms with Crippen molar-refractivity contribution in [2.75, 3.05) is 23.8 Å². The van der Waals surface area contributed by atoms with E-state index in [1.807, 2.05) is 6.92 Å². The molecule has 0 aromatic carbocycles. The molecular weight excluding hydrogens is 204 g/mol. The first kappa shape index (κ1) is 11.1. The van der Waals surface area contributed by atoms with Crippen LogP contribution in [-0.4, -0.2) is 34.3 Å². The number of aliphatic hydroxyl groups is 1. The Kier molecular flexibility index (Phi) is 3.24. The van der Waals surface area contributed by atoms with Crippen molar-refractivity contribution < 1.29 is 5.11 Å². The van der Waals surface area contributed by atoms with E-state index in [0.29, 0.717) is 24.2 Å². The molecule has 1 heterocycles. The molecule has 0 atom stereocenters. The van der Waals surface area contributed by atoms with Crippen molar-refractivity contribution >= 4 is 11.6 Å². The molecule has 88 valence electrons. The molecule has 5 heteroatoms. The third-order valence-electron chi connectivity index (χ3n) is 2.99. The Labute approximate surface area is 95.3 Å². The molecule has 1 aromatic rings. The molecule has 0 unspecified atom stereocenters. The topological polar surface area (TPSA) is 75.3 Å². The Balaban J connectivity index is 2.22. The molecule has 1 aliphatic rings. The van der Waals surface area contributed by atoms with Crippen molar-refractivity contribution in [2.45, 2.75) is 32.2 Å². The van der Waals surface area contributed by atoms with Crippen LogP contribution in [0.1, 0.15) is 25.1 Å². The average Bonchev–Trinajstić information content (AvgIpc) is 2.12. The van der Waals surface area contributed by atoms with Gasteiger partial charge in [-0.25, -0.2) is 9.97 Å². The normalized spacial score (nSPS) is 15.9. The molecule has 2 rings (SSSR count). The molecule has 1 aromatic heterocycles. The number of anilines is 2. The van der Waals surface area contributed by atoms with E-state index < -0.39 is 0 Å². The fourth-order valence-corrected chi connectivity index (χ4v) is 2.01. The van der Waals surface area contributed by atoms with Gasteiger partial charge in [0.25, 0.3) is 0 Å². The molecule has 0 aliphatic heterocycles. The monoisotopic (exact) mass is 222 g/mol. The van der Waals surface area contributed by atoms with Gasteiger partial charge in [0.05, 0.1) is 6.61 Å². The number of rotatable bonds is 4. The van der Waals surface area contributed by atoms with Crippen LogP contribution in [0.2, 0.25) is 0 Å². The van der Waals surface area contributed by atoms with Gasteiger partial charge in [-0.2, -0.15) is 0 Å². The van der Waals surface area contributed by atoms with Crippen LogP contribution >= 0.6 is 0 Å². The third-order valence-corrected chi connectivity index (χ3v) is 2.99. The molecular formula is C11H18N4O. The zero-order chi connectivity index (χ0) is 11.5. The maximum absolute atomic E-state index is 9.09. The van der Waals surface area contributed by atoms with Gasteiger partial charge in [0.2, 0.25) is 0 Å². The van der Waals surface area contributed by atoms with Gasteiger partial charge in [-0.05, 0) is 26.2 Å². The van der Waals surface area contributed by atoms with Crippen LogP contribution < -0.4 is 10.6 Å². The number of nitrogens with two attached hydrogens (primary N) is 1. The SMILES string of the molecule is Cc1nc(N)cc(N(CCO)C2CCC2)n1. The second-order valence-corrected chi connectivity index (χ2v) is 4.20. The summed E-state index contributed by atoms with van der Waals surface area (Å²) in [6.45, 7) is 2.58. The number of nitrogens with zero attached hydrogens (tertiary/aromatic N) is 3. The predicted octanol–water partition coefficient (Wildman–Crippen LogP) is 0.718. The summed E-state index contributed by atoms with van der Waals surface area (Å²) >= 11 is 0. The number of hydrogen-bond acceptors (Lipinski definition) is 5. The summed E-state index contributed by atoms with van der Waals surface area (Å²) in [6.07, 6.45) is 3.60. The summed E-state index contributed by atoms with van der Waals surface area (Å²) in [5, 5.41) is 9.09. The highest BCUT2D eigenvalue weighted by Crippen LogP contribution is 2.28. The number of aromatic nitrogens is 2. The van der Waals surface area contributed by atoms with Gasteiger partial charge in [0.1, 0.15) is 17.5 Å². The van der Waals surface area contributed by atoms with Crippen LogP contribution in [0.4, 0.5) is 11.6 Å². The van der Waals surface area contributed by atoms with Crippen LogP contribution in [0.25, 0.3) is 0 Å². The maximum atomic E-state index is 9.09. The quantitative estimate of drug-likeness (QED) is 0.785. The van der Waals surface area contributed by atoms with Gasteiger partial charge < -0.3 is 15.7 Å². The summed E-state index contributed by atoms with van der Waals surface area (Å²) in [5.74, 6) is 2.01. The molecule has 0 amide bonds. The number of hydrogen-bond donors (Lipinski definition) is 2. The molecule has 1 saturated carbocycles. The lowest BCUT2D eigenvalue weighted by Crippen LogP contribution is -2.42. The van der Waals surface area contributed by atoms with Gasteiger partial charge in [0.15, 0.2) is 0 Å². The highest BCUT2D eigenvalue weighted by atomic mass is 16.3. The molecule has 0 radical (unpaired) electrons. The molecule has 0 spiro atoms. The summed E-state index contributed by atoms with van der Waals surface area (Å²) < 4.78 is 0. The van der Waals surface area contributed by atoms with Crippen molar-refractivity contribution in [3.63, 3.8) is 0 Å². The van der Waals surface area contributed by atoms with E-state index in [1.54, 1.807) is 6.07 Å². The van der Waals surface area contributed by atoms with Crippen LogP contribution in [0, 0.1) is 6.92 Å². The smallest absolute Gasteiger partial charge is 0.134 e. The number of aliphatic hydroxyl groups excluding tert-OH is 1. The standard InChI is InChI=1S/C11H18N4O/c1-8-13-10(12)7-11(14-8)15(5-6-16)9-3-2-4-9/h7,9,16H,2-6H2,1H3,(H2,12,13,14). The summed E-state index contributed by atoms with van der Waals surface area (Å²) in [4.78, 5) is 10.6. The maximum Gasteiger partial charge on any atom is 0.134 e. The van der Waals surface area contributed by atoms with Crippen LogP contribution in [0.15, 0.2) is 6.07 Å². The fourth-order valence-electron chi connectivity index (χ4n) is 2.01. The van der Waals surface area contributed by atoms with Crippen molar-refractivity contribution in [1.29, 1.82) is 0 Å². The van der Waals surface area contributed by atoms with Crippen LogP contribution in [-0.2, 0) is 0 Å². The van der Waals surface area contributed by atoms with E-state index >= 15 is 0 Å². The first-order chi connectivity index (χ1) is 7.70. The molecule has 1 fully saturated rings. The zero-order valence-corrected chi connectivity index (χ0v) is 9.56. The van der Waals surface area contributed by atoms with Crippen molar-refractivity contribution in [3.05, 3.63) is 11.9 Å². The minimum absolute atomic E-state index is 0.138. The van der Waals surface area contributed by atoms with Crippen molar-refractivity contribution in [3.8, 4) is 0 Å². The zero-order valence-electron chi connectivity index (χ0n) is 9.56. The average molecular weight is 222 g/mol. The van der Waals surface area contributed by atoms with E-state index in [4.69, 9.17) is 10.8 Å². The molecule has 3 N–H and O–H groups in total. The van der Waals surface area contributed by atoms with E-state index in [9.17, 15) is 0 Å². The molecule has 0 saturated heterocycles. The van der Waals surface area contributed by atoms with E-state index in [1.165, 1.54) is 19.3 Å². The molecule has 1 aliphatic carbocycles. The van der Waals surface area contributed by atoms with Crippen LogP contribution in [0.5, 0.6) is 0 Å². The van der Waals surface area contributed by atoms with Gasteiger partial charge >= 0.3 is 0 Å². The minimum atomic E-state index is 0.138. The Morgan fingerprint density at radius 3 is 2.75 bits per heavy atom. The van der Waals surface area contributed by atoms with Crippen LogP contribution in [0.3, 0.4) is 0 Å². The van der Waals surface area contributed by atoms with E-state index in [2.05, 4.69) is 14.9 Å². The second-order valence-electron chi connectivity index (χ2n) is 4.20. The second kappa shape index (κ2) is 4.65. The van der Waals surface area contributed by atoms with Gasteiger partial charge in [-0.1, -0.05) is 0 Å². The summed E-state index contributed by atoms with van der Waals surface area (Å²) in [5.41, 5.74) is 5.71. The van der Waals surface area contributed by atoms with Gasteiger partial charge in [0, 0.05) is 18.7 Å². The largest absolute Gasteiger partial charge is 0.395 e. The summed E-state index contributed by atoms with van der Waals surface area (Å²) in [7, 11) is 0. The molecule has 16 heavy (non-hydrogen) atoms. The van der Waals surface area contributed by atoms with Crippen molar-refractivity contribution in [2.24, 2.45) is 0 Å².